The molecule has 9 heteroatoms. The van der Waals surface area contributed by atoms with E-state index in [1.165, 1.54) is 18.3 Å². The van der Waals surface area contributed by atoms with Gasteiger partial charge in [-0.3, -0.25) is 14.9 Å². The Bertz CT molecular complexity index is 1420. The minimum absolute atomic E-state index is 0.0159. The minimum atomic E-state index is -0.466. The Hall–Kier alpha value is -4.92. The number of hydrogen-bond acceptors (Lipinski definition) is 7. The summed E-state index contributed by atoms with van der Waals surface area (Å²) in [6, 6.07) is 18.8. The molecule has 1 N–H and O–H groups in total. The second-order valence-corrected chi connectivity index (χ2v) is 7.99. The normalized spacial score (nSPS) is 10.9. The molecular formula is C28H25N3O6. The molecule has 1 heterocycles. The van der Waals surface area contributed by atoms with Gasteiger partial charge in [-0.15, -0.1) is 6.58 Å². The lowest BCUT2D eigenvalue weighted by molar-refractivity contribution is -0.384. The number of carbonyl (C=O) groups is 1. The van der Waals surface area contributed by atoms with Crippen molar-refractivity contribution in [1.29, 1.82) is 0 Å². The molecular weight excluding hydrogens is 474 g/mol. The van der Waals surface area contributed by atoms with E-state index in [1.54, 1.807) is 36.4 Å². The van der Waals surface area contributed by atoms with E-state index >= 15 is 0 Å². The van der Waals surface area contributed by atoms with Crippen LogP contribution in [0.3, 0.4) is 0 Å². The Morgan fingerprint density at radius 1 is 1.14 bits per heavy atom. The Balaban J connectivity index is 1.51. The van der Waals surface area contributed by atoms with Crippen molar-refractivity contribution in [2.75, 3.05) is 6.61 Å². The fourth-order valence-corrected chi connectivity index (χ4v) is 3.68. The van der Waals surface area contributed by atoms with E-state index in [1.807, 2.05) is 31.2 Å². The molecule has 188 valence electrons. The molecule has 1 aromatic heterocycles. The molecule has 0 saturated carbocycles. The summed E-state index contributed by atoms with van der Waals surface area (Å²) in [7, 11) is 0. The molecule has 0 fully saturated rings. The van der Waals surface area contributed by atoms with E-state index in [4.69, 9.17) is 13.9 Å². The second kappa shape index (κ2) is 11.7. The van der Waals surface area contributed by atoms with Crippen molar-refractivity contribution in [3.63, 3.8) is 0 Å². The number of rotatable bonds is 11. The number of allylic oxidation sites excluding steroid dienone is 1. The van der Waals surface area contributed by atoms with Crippen molar-refractivity contribution in [3.8, 4) is 11.5 Å². The van der Waals surface area contributed by atoms with E-state index in [9.17, 15) is 14.9 Å². The lowest BCUT2D eigenvalue weighted by atomic mass is 10.1. The SMILES string of the molecule is C=CCc1cc(C=NNC(=O)c2cc3ccccc3o2)cc(OCC)c1OCc1ccc([N+](=O)[O-])cc1. The van der Waals surface area contributed by atoms with Crippen LogP contribution in [-0.4, -0.2) is 23.7 Å². The molecule has 0 radical (unpaired) electrons. The van der Waals surface area contributed by atoms with Gasteiger partial charge in [-0.1, -0.05) is 24.3 Å². The maximum Gasteiger partial charge on any atom is 0.307 e. The van der Waals surface area contributed by atoms with Crippen LogP contribution in [0.15, 0.2) is 88.9 Å². The summed E-state index contributed by atoms with van der Waals surface area (Å²) >= 11 is 0. The molecule has 37 heavy (non-hydrogen) atoms. The van der Waals surface area contributed by atoms with Crippen molar-refractivity contribution in [3.05, 3.63) is 112 Å². The molecule has 4 aromatic rings. The summed E-state index contributed by atoms with van der Waals surface area (Å²) in [6.45, 7) is 6.29. The number of para-hydroxylation sites is 1. The van der Waals surface area contributed by atoms with Crippen molar-refractivity contribution in [2.45, 2.75) is 20.0 Å². The van der Waals surface area contributed by atoms with Gasteiger partial charge in [0.2, 0.25) is 0 Å². The van der Waals surface area contributed by atoms with Gasteiger partial charge >= 0.3 is 5.91 Å². The van der Waals surface area contributed by atoms with Gasteiger partial charge in [0.15, 0.2) is 17.3 Å². The Morgan fingerprint density at radius 2 is 1.92 bits per heavy atom. The molecule has 9 nitrogen and oxygen atoms in total. The van der Waals surface area contributed by atoms with Crippen LogP contribution >= 0.6 is 0 Å². The third kappa shape index (κ3) is 6.21. The van der Waals surface area contributed by atoms with Crippen LogP contribution in [0.5, 0.6) is 11.5 Å². The third-order valence-electron chi connectivity index (χ3n) is 5.38. The van der Waals surface area contributed by atoms with E-state index in [-0.39, 0.29) is 18.1 Å². The Morgan fingerprint density at radius 3 is 2.62 bits per heavy atom. The molecule has 4 rings (SSSR count). The highest BCUT2D eigenvalue weighted by Gasteiger charge is 2.15. The number of nitrogens with zero attached hydrogens (tertiary/aromatic N) is 2. The van der Waals surface area contributed by atoms with Crippen LogP contribution in [0.25, 0.3) is 11.0 Å². The quantitative estimate of drug-likeness (QED) is 0.120. The average molecular weight is 500 g/mol. The van der Waals surface area contributed by atoms with Gasteiger partial charge in [0, 0.05) is 23.1 Å². The van der Waals surface area contributed by atoms with Gasteiger partial charge in [-0.2, -0.15) is 5.10 Å². The number of furan rings is 1. The van der Waals surface area contributed by atoms with E-state index in [0.717, 1.165) is 16.5 Å². The average Bonchev–Trinajstić information content (AvgIpc) is 3.33. The molecule has 1 amide bonds. The topological polar surface area (TPSA) is 116 Å². The maximum absolute atomic E-state index is 12.5. The van der Waals surface area contributed by atoms with Crippen molar-refractivity contribution >= 4 is 28.8 Å². The first-order valence-corrected chi connectivity index (χ1v) is 11.6. The second-order valence-electron chi connectivity index (χ2n) is 7.99. The number of fused-ring (bicyclic) bond motifs is 1. The molecule has 0 aliphatic heterocycles. The van der Waals surface area contributed by atoms with E-state index in [2.05, 4.69) is 17.1 Å². The molecule has 0 unspecified atom stereocenters. The lowest BCUT2D eigenvalue weighted by Crippen LogP contribution is -2.16. The third-order valence-corrected chi connectivity index (χ3v) is 5.38. The zero-order valence-corrected chi connectivity index (χ0v) is 20.2. The zero-order valence-electron chi connectivity index (χ0n) is 20.2. The highest BCUT2D eigenvalue weighted by Crippen LogP contribution is 2.34. The summed E-state index contributed by atoms with van der Waals surface area (Å²) in [4.78, 5) is 22.9. The first kappa shape index (κ1) is 25.2. The van der Waals surface area contributed by atoms with Crippen LogP contribution < -0.4 is 14.9 Å². The lowest BCUT2D eigenvalue weighted by Gasteiger charge is -2.16. The Labute approximate surface area is 213 Å². The van der Waals surface area contributed by atoms with Crippen molar-refractivity contribution in [1.82, 2.24) is 5.43 Å². The summed E-state index contributed by atoms with van der Waals surface area (Å²) in [5.41, 5.74) is 5.39. The molecule has 0 bridgehead atoms. The largest absolute Gasteiger partial charge is 0.490 e. The zero-order chi connectivity index (χ0) is 26.2. The molecule has 0 spiro atoms. The standard InChI is InChI=1S/C28H25N3O6/c1-3-7-22-14-20(17-29-30-28(32)26-16-21-8-5-6-9-24(21)37-26)15-25(35-4-2)27(22)36-18-19-10-12-23(13-11-19)31(33)34/h3,5-6,8-17H,1,4,7,18H2,2H3,(H,30,32). The fourth-order valence-electron chi connectivity index (χ4n) is 3.68. The van der Waals surface area contributed by atoms with Crippen LogP contribution in [0.1, 0.15) is 34.2 Å². The monoisotopic (exact) mass is 499 g/mol. The number of nitro benzene ring substituents is 1. The summed E-state index contributed by atoms with van der Waals surface area (Å²) in [6.07, 6.45) is 3.76. The molecule has 0 aliphatic rings. The minimum Gasteiger partial charge on any atom is -0.490 e. The number of nitro groups is 1. The predicted molar refractivity (Wildman–Crippen MR) is 140 cm³/mol. The first-order chi connectivity index (χ1) is 18.0. The number of carbonyl (C=O) groups excluding carboxylic acids is 1. The summed E-state index contributed by atoms with van der Waals surface area (Å²) < 4.78 is 17.5. The number of ether oxygens (including phenoxy) is 2. The molecule has 0 saturated heterocycles. The van der Waals surface area contributed by atoms with Gasteiger partial charge in [0.05, 0.1) is 17.7 Å². The van der Waals surface area contributed by atoms with Crippen molar-refractivity contribution < 1.29 is 23.6 Å². The van der Waals surface area contributed by atoms with Gasteiger partial charge in [0.25, 0.3) is 5.69 Å². The smallest absolute Gasteiger partial charge is 0.307 e. The van der Waals surface area contributed by atoms with Gasteiger partial charge < -0.3 is 13.9 Å². The summed E-state index contributed by atoms with van der Waals surface area (Å²) in [5, 5.41) is 15.8. The highest BCUT2D eigenvalue weighted by atomic mass is 16.6. The molecule has 3 aromatic carbocycles. The number of nitrogens with one attached hydrogen (secondary N) is 1. The number of amides is 1. The van der Waals surface area contributed by atoms with Crippen LogP contribution in [0.2, 0.25) is 0 Å². The Kier molecular flexibility index (Phi) is 7.95. The number of non-ortho nitro benzene ring substituents is 1. The number of hydrogen-bond donors (Lipinski definition) is 1. The van der Waals surface area contributed by atoms with E-state index < -0.39 is 10.8 Å². The summed E-state index contributed by atoms with van der Waals surface area (Å²) in [5.74, 6) is 0.750. The van der Waals surface area contributed by atoms with Crippen LogP contribution in [-0.2, 0) is 13.0 Å². The fraction of sp³-hybridized carbons (Fsp3) is 0.143. The van der Waals surface area contributed by atoms with Gasteiger partial charge in [-0.05, 0) is 60.9 Å². The van der Waals surface area contributed by atoms with Crippen LogP contribution in [0.4, 0.5) is 5.69 Å². The van der Waals surface area contributed by atoms with Crippen molar-refractivity contribution in [2.24, 2.45) is 5.10 Å². The molecule has 0 atom stereocenters. The van der Waals surface area contributed by atoms with E-state index in [0.29, 0.717) is 35.7 Å². The van der Waals surface area contributed by atoms with Crippen LogP contribution in [0, 0.1) is 10.1 Å². The van der Waals surface area contributed by atoms with Gasteiger partial charge in [-0.25, -0.2) is 5.43 Å². The number of hydrazone groups is 1. The maximum atomic E-state index is 12.5. The first-order valence-electron chi connectivity index (χ1n) is 11.6. The molecule has 0 aliphatic carbocycles. The highest BCUT2D eigenvalue weighted by molar-refractivity contribution is 5.96. The predicted octanol–water partition coefficient (Wildman–Crippen LogP) is 5.81. The number of benzene rings is 3. The van der Waals surface area contributed by atoms with Gasteiger partial charge in [0.1, 0.15) is 12.2 Å².